The maximum absolute atomic E-state index is 11.7. The summed E-state index contributed by atoms with van der Waals surface area (Å²) in [5.74, 6) is -1.00. The Morgan fingerprint density at radius 3 is 1.88 bits per heavy atom. The van der Waals surface area contributed by atoms with Crippen molar-refractivity contribution in [3.63, 3.8) is 0 Å². The number of nitrogens with one attached hydrogen (secondary N) is 2. The number of carbonyl (C=O) groups excluding carboxylic acids is 1. The van der Waals surface area contributed by atoms with Crippen molar-refractivity contribution in [2.75, 3.05) is 0 Å². The normalized spacial score (nSPS) is 12.9. The Morgan fingerprint density at radius 2 is 1.59 bits per heavy atom. The van der Waals surface area contributed by atoms with Gasteiger partial charge in [0, 0.05) is 5.54 Å². The summed E-state index contributed by atoms with van der Waals surface area (Å²) in [7, 11) is 0. The number of carbonyl (C=O) groups is 2. The lowest BCUT2D eigenvalue weighted by atomic mass is 9.90. The lowest BCUT2D eigenvalue weighted by Gasteiger charge is -2.32. The average molecular weight is 244 g/mol. The van der Waals surface area contributed by atoms with Gasteiger partial charge in [0.15, 0.2) is 0 Å². The molecule has 0 aliphatic carbocycles. The molecule has 0 aliphatic rings. The van der Waals surface area contributed by atoms with Crippen LogP contribution in [0.15, 0.2) is 0 Å². The first-order chi connectivity index (χ1) is 7.94. The lowest BCUT2D eigenvalue weighted by molar-refractivity contribution is -0.139. The third kappa shape index (κ3) is 4.63. The largest absolute Gasteiger partial charge is 0.480 e. The highest BCUT2D eigenvalue weighted by atomic mass is 16.4. The molecular weight excluding hydrogens is 220 g/mol. The van der Waals surface area contributed by atoms with Crippen molar-refractivity contribution in [3.05, 3.63) is 0 Å². The van der Waals surface area contributed by atoms with Gasteiger partial charge in [-0.2, -0.15) is 0 Å². The zero-order valence-electron chi connectivity index (χ0n) is 11.2. The first-order valence-electron chi connectivity index (χ1n) is 6.26. The van der Waals surface area contributed by atoms with E-state index in [4.69, 9.17) is 5.11 Å². The van der Waals surface area contributed by atoms with Crippen LogP contribution in [0.4, 0.5) is 4.79 Å². The quantitative estimate of drug-likeness (QED) is 0.642. The second-order valence-electron chi connectivity index (χ2n) is 4.24. The van der Waals surface area contributed by atoms with E-state index in [0.717, 1.165) is 19.3 Å². The minimum atomic E-state index is -1.00. The molecular formula is C12H24N2O3. The van der Waals surface area contributed by atoms with E-state index in [0.29, 0.717) is 6.42 Å². The highest BCUT2D eigenvalue weighted by Gasteiger charge is 2.27. The van der Waals surface area contributed by atoms with Crippen molar-refractivity contribution in [1.82, 2.24) is 10.6 Å². The average Bonchev–Trinajstić information content (AvgIpc) is 2.32. The van der Waals surface area contributed by atoms with E-state index in [1.807, 2.05) is 20.8 Å². The van der Waals surface area contributed by atoms with Crippen molar-refractivity contribution in [3.8, 4) is 0 Å². The molecule has 0 spiro atoms. The van der Waals surface area contributed by atoms with Crippen LogP contribution in [0.2, 0.25) is 0 Å². The Bertz CT molecular complexity index is 254. The van der Waals surface area contributed by atoms with Gasteiger partial charge in [0.05, 0.1) is 0 Å². The second kappa shape index (κ2) is 7.14. The summed E-state index contributed by atoms with van der Waals surface area (Å²) in [6, 6.07) is -1.22. The summed E-state index contributed by atoms with van der Waals surface area (Å²) in [6.45, 7) is 7.77. The lowest BCUT2D eigenvalue weighted by Crippen LogP contribution is -2.54. The van der Waals surface area contributed by atoms with Crippen LogP contribution in [0.3, 0.4) is 0 Å². The van der Waals surface area contributed by atoms with E-state index in [-0.39, 0.29) is 5.54 Å². The summed E-state index contributed by atoms with van der Waals surface area (Å²) in [6.07, 6.45) is 2.87. The van der Waals surface area contributed by atoms with E-state index >= 15 is 0 Å². The summed E-state index contributed by atoms with van der Waals surface area (Å²) in [5, 5.41) is 14.2. The number of hydrogen-bond donors (Lipinski definition) is 3. The van der Waals surface area contributed by atoms with E-state index < -0.39 is 18.0 Å². The van der Waals surface area contributed by atoms with Gasteiger partial charge in [-0.15, -0.1) is 0 Å². The predicted molar refractivity (Wildman–Crippen MR) is 67.0 cm³/mol. The summed E-state index contributed by atoms with van der Waals surface area (Å²) in [5.41, 5.74) is -0.235. The monoisotopic (exact) mass is 244 g/mol. The fraction of sp³-hybridized carbons (Fsp3) is 0.833. The minimum Gasteiger partial charge on any atom is -0.480 e. The summed E-state index contributed by atoms with van der Waals surface area (Å²) in [4.78, 5) is 22.5. The molecule has 0 aromatic heterocycles. The van der Waals surface area contributed by atoms with Gasteiger partial charge in [0.25, 0.3) is 0 Å². The van der Waals surface area contributed by atoms with Crippen LogP contribution >= 0.6 is 0 Å². The zero-order valence-corrected chi connectivity index (χ0v) is 11.2. The van der Waals surface area contributed by atoms with Gasteiger partial charge in [0.2, 0.25) is 0 Å². The van der Waals surface area contributed by atoms with Crippen molar-refractivity contribution in [2.24, 2.45) is 0 Å². The van der Waals surface area contributed by atoms with E-state index in [2.05, 4.69) is 10.6 Å². The molecule has 0 saturated heterocycles. The van der Waals surface area contributed by atoms with Crippen molar-refractivity contribution in [2.45, 2.75) is 65.0 Å². The summed E-state index contributed by atoms with van der Waals surface area (Å²) < 4.78 is 0. The molecule has 100 valence electrons. The molecule has 0 radical (unpaired) electrons. The Morgan fingerprint density at radius 1 is 1.12 bits per heavy atom. The van der Waals surface area contributed by atoms with Gasteiger partial charge < -0.3 is 15.7 Å². The highest BCUT2D eigenvalue weighted by Crippen LogP contribution is 2.18. The Hall–Kier alpha value is -1.26. The van der Waals surface area contributed by atoms with Gasteiger partial charge in [0.1, 0.15) is 6.04 Å². The molecule has 0 fully saturated rings. The van der Waals surface area contributed by atoms with Gasteiger partial charge in [-0.05, 0) is 25.7 Å². The van der Waals surface area contributed by atoms with Crippen LogP contribution < -0.4 is 10.6 Å². The number of rotatable bonds is 7. The molecule has 0 aromatic carbocycles. The van der Waals surface area contributed by atoms with Crippen molar-refractivity contribution in [1.29, 1.82) is 0 Å². The smallest absolute Gasteiger partial charge is 0.326 e. The molecule has 0 saturated carbocycles. The number of carboxylic acids is 1. The van der Waals surface area contributed by atoms with Crippen LogP contribution in [0, 0.1) is 0 Å². The first kappa shape index (κ1) is 15.7. The molecule has 17 heavy (non-hydrogen) atoms. The zero-order chi connectivity index (χ0) is 13.5. The van der Waals surface area contributed by atoms with Gasteiger partial charge in [-0.3, -0.25) is 0 Å². The molecule has 3 N–H and O–H groups in total. The van der Waals surface area contributed by atoms with Crippen LogP contribution in [-0.4, -0.2) is 28.7 Å². The maximum Gasteiger partial charge on any atom is 0.326 e. The standard InChI is InChI=1S/C12H24N2O3/c1-5-9(10(15)16)13-11(17)14-12(6-2,7-3)8-4/h9H,5-8H2,1-4H3,(H,15,16)(H2,13,14,17)/t9-/m1/s1. The predicted octanol–water partition coefficient (Wildman–Crippen LogP) is 2.12. The molecule has 5 nitrogen and oxygen atoms in total. The van der Waals surface area contributed by atoms with Crippen molar-refractivity contribution >= 4 is 12.0 Å². The van der Waals surface area contributed by atoms with Crippen LogP contribution in [0.5, 0.6) is 0 Å². The molecule has 1 atom stereocenters. The minimum absolute atomic E-state index is 0.235. The third-order valence-electron chi connectivity index (χ3n) is 3.42. The Labute approximate surface area is 103 Å². The molecule has 0 aromatic rings. The van der Waals surface area contributed by atoms with Gasteiger partial charge in [-0.25, -0.2) is 9.59 Å². The second-order valence-corrected chi connectivity index (χ2v) is 4.24. The molecule has 2 amide bonds. The number of hydrogen-bond acceptors (Lipinski definition) is 2. The Kier molecular flexibility index (Phi) is 6.61. The van der Waals surface area contributed by atoms with Gasteiger partial charge in [-0.1, -0.05) is 27.7 Å². The van der Waals surface area contributed by atoms with E-state index in [9.17, 15) is 9.59 Å². The fourth-order valence-corrected chi connectivity index (χ4v) is 1.79. The summed E-state index contributed by atoms with van der Waals surface area (Å²) >= 11 is 0. The number of urea groups is 1. The topological polar surface area (TPSA) is 78.4 Å². The molecule has 0 unspecified atom stereocenters. The fourth-order valence-electron chi connectivity index (χ4n) is 1.79. The Balaban J connectivity index is 4.47. The third-order valence-corrected chi connectivity index (χ3v) is 3.42. The SMILES string of the molecule is CC[C@@H](NC(=O)NC(CC)(CC)CC)C(=O)O. The van der Waals surface area contributed by atoms with E-state index in [1.54, 1.807) is 6.92 Å². The number of amides is 2. The first-order valence-corrected chi connectivity index (χ1v) is 6.26. The molecule has 0 aliphatic heterocycles. The number of aliphatic carboxylic acids is 1. The molecule has 0 heterocycles. The highest BCUT2D eigenvalue weighted by molar-refractivity contribution is 5.82. The molecule has 0 bridgehead atoms. The maximum atomic E-state index is 11.7. The van der Waals surface area contributed by atoms with Crippen LogP contribution in [0.25, 0.3) is 0 Å². The number of carboxylic acid groups (broad SMARTS) is 1. The van der Waals surface area contributed by atoms with E-state index in [1.165, 1.54) is 0 Å². The van der Waals surface area contributed by atoms with Crippen LogP contribution in [-0.2, 0) is 4.79 Å². The van der Waals surface area contributed by atoms with Gasteiger partial charge >= 0.3 is 12.0 Å². The van der Waals surface area contributed by atoms with Crippen molar-refractivity contribution < 1.29 is 14.7 Å². The molecule has 5 heteroatoms. The molecule has 0 rings (SSSR count). The van der Waals surface area contributed by atoms with Crippen LogP contribution in [0.1, 0.15) is 53.4 Å².